The fraction of sp³-hybridized carbons (Fsp3) is 0.474. The zero-order valence-electron chi connectivity index (χ0n) is 17.6. The Morgan fingerprint density at radius 1 is 0.871 bits per heavy atom. The van der Waals surface area contributed by atoms with Gasteiger partial charge in [-0.05, 0) is 13.8 Å². The normalized spacial score (nSPS) is 10.8. The zero-order chi connectivity index (χ0) is 23.8. The van der Waals surface area contributed by atoms with Gasteiger partial charge in [-0.15, -0.1) is 0 Å². The van der Waals surface area contributed by atoms with Gasteiger partial charge in [0, 0.05) is 30.9 Å². The summed E-state index contributed by atoms with van der Waals surface area (Å²) in [4.78, 5) is 74.5. The topological polar surface area (TPSA) is 167 Å². The summed E-state index contributed by atoms with van der Waals surface area (Å²) in [7, 11) is 0. The fourth-order valence-corrected chi connectivity index (χ4v) is 2.51. The van der Waals surface area contributed by atoms with Crippen LogP contribution in [0, 0.1) is 0 Å². The van der Waals surface area contributed by atoms with Crippen molar-refractivity contribution < 1.29 is 28.6 Å². The molecule has 0 spiro atoms. The van der Waals surface area contributed by atoms with E-state index in [4.69, 9.17) is 14.2 Å². The van der Waals surface area contributed by atoms with Crippen molar-refractivity contribution in [2.75, 3.05) is 13.2 Å². The maximum atomic E-state index is 12.1. The number of esters is 3. The molecule has 1 aromatic heterocycles. The molecule has 12 heteroatoms. The van der Waals surface area contributed by atoms with Crippen molar-refractivity contribution in [1.82, 2.24) is 14.5 Å². The molecule has 0 radical (unpaired) electrons. The Balaban J connectivity index is 3.26. The lowest BCUT2D eigenvalue weighted by molar-refractivity contribution is -0.165. The van der Waals surface area contributed by atoms with Gasteiger partial charge in [-0.1, -0.05) is 13.2 Å². The Morgan fingerprint density at radius 2 is 1.29 bits per heavy atom. The number of hydrogen-bond acceptors (Lipinski definition) is 9. The monoisotopic (exact) mass is 439 g/mol. The van der Waals surface area contributed by atoms with Crippen molar-refractivity contribution in [3.63, 3.8) is 0 Å². The summed E-state index contributed by atoms with van der Waals surface area (Å²) in [6.45, 7) is 9.87. The van der Waals surface area contributed by atoms with Crippen LogP contribution in [0.15, 0.2) is 38.7 Å². The van der Waals surface area contributed by atoms with Crippen molar-refractivity contribution in [2.45, 2.75) is 45.8 Å². The van der Waals surface area contributed by atoms with Crippen molar-refractivity contribution >= 4 is 17.9 Å². The minimum Gasteiger partial charge on any atom is -0.462 e. The van der Waals surface area contributed by atoms with Gasteiger partial charge in [-0.25, -0.2) is 28.5 Å². The van der Waals surface area contributed by atoms with Gasteiger partial charge in [0.05, 0.1) is 19.8 Å². The predicted molar refractivity (Wildman–Crippen MR) is 107 cm³/mol. The van der Waals surface area contributed by atoms with Gasteiger partial charge in [-0.3, -0.25) is 14.8 Å². The highest BCUT2D eigenvalue weighted by molar-refractivity contribution is 5.87. The van der Waals surface area contributed by atoms with Gasteiger partial charge in [0.1, 0.15) is 5.60 Å². The molecule has 0 aliphatic carbocycles. The van der Waals surface area contributed by atoms with E-state index in [0.717, 1.165) is 6.92 Å². The van der Waals surface area contributed by atoms with E-state index < -0.39 is 47.1 Å². The highest BCUT2D eigenvalue weighted by atomic mass is 16.6. The van der Waals surface area contributed by atoms with E-state index in [1.165, 1.54) is 13.8 Å². The molecule has 31 heavy (non-hydrogen) atoms. The van der Waals surface area contributed by atoms with Gasteiger partial charge in [0.15, 0.2) is 0 Å². The number of H-pyrrole nitrogens is 2. The minimum atomic E-state index is -1.59. The van der Waals surface area contributed by atoms with Crippen molar-refractivity contribution in [2.24, 2.45) is 0 Å². The molecule has 2 N–H and O–H groups in total. The van der Waals surface area contributed by atoms with Crippen LogP contribution in [0.1, 0.15) is 33.6 Å². The van der Waals surface area contributed by atoms with Gasteiger partial charge in [-0.2, -0.15) is 0 Å². The molecule has 1 heterocycles. The summed E-state index contributed by atoms with van der Waals surface area (Å²) in [5.41, 5.74) is -4.39. The third-order valence-electron chi connectivity index (χ3n) is 4.02. The average molecular weight is 439 g/mol. The Labute approximate surface area is 176 Å². The molecule has 170 valence electrons. The van der Waals surface area contributed by atoms with E-state index in [1.54, 1.807) is 0 Å². The molecule has 0 amide bonds. The SMILES string of the molecule is C=C(C)C(=O)OCCC(CCOC(=O)C(=C)C)(Cn1c(=O)[nH]c(=O)[nH]c1=O)OC(C)=O. The molecule has 0 fully saturated rings. The molecule has 1 aromatic rings. The van der Waals surface area contributed by atoms with E-state index >= 15 is 0 Å². The highest BCUT2D eigenvalue weighted by Crippen LogP contribution is 2.24. The van der Waals surface area contributed by atoms with E-state index in [0.29, 0.717) is 4.57 Å². The molecular formula is C19H25N3O9. The lowest BCUT2D eigenvalue weighted by Gasteiger charge is -2.33. The van der Waals surface area contributed by atoms with E-state index in [1.807, 2.05) is 9.97 Å². The third kappa shape index (κ3) is 7.91. The summed E-state index contributed by atoms with van der Waals surface area (Å²) >= 11 is 0. The summed E-state index contributed by atoms with van der Waals surface area (Å²) < 4.78 is 16.1. The number of carbonyl (C=O) groups is 3. The van der Waals surface area contributed by atoms with Gasteiger partial charge in [0.2, 0.25) is 0 Å². The van der Waals surface area contributed by atoms with E-state index in [9.17, 15) is 28.8 Å². The number of nitrogens with one attached hydrogen (secondary N) is 2. The quantitative estimate of drug-likeness (QED) is 0.263. The van der Waals surface area contributed by atoms with Crippen LogP contribution in [0.2, 0.25) is 0 Å². The molecule has 0 atom stereocenters. The molecule has 0 saturated carbocycles. The second kappa shape index (κ2) is 10.9. The van der Waals surface area contributed by atoms with Crippen LogP contribution in [0.3, 0.4) is 0 Å². The van der Waals surface area contributed by atoms with E-state index in [-0.39, 0.29) is 37.2 Å². The van der Waals surface area contributed by atoms with Gasteiger partial charge >= 0.3 is 35.0 Å². The minimum absolute atomic E-state index is 0.141. The molecule has 0 saturated heterocycles. The standard InChI is InChI=1S/C19H25N3O9/c1-11(2)14(24)29-8-6-19(31-13(5)23,7-9-30-15(25)12(3)4)10-22-17(27)20-16(26)21-18(22)28/h1,3,6-10H2,2,4-5H3,(H2,20,21,26,27,28). The number of hydrogen-bond donors (Lipinski definition) is 2. The first-order valence-electron chi connectivity index (χ1n) is 9.15. The summed E-state index contributed by atoms with van der Waals surface area (Å²) in [5, 5.41) is 0. The Kier molecular flexibility index (Phi) is 8.91. The molecule has 0 aliphatic heterocycles. The predicted octanol–water partition coefficient (Wildman–Crippen LogP) is -0.454. The van der Waals surface area contributed by atoms with Crippen LogP contribution in [0.5, 0.6) is 0 Å². The zero-order valence-corrected chi connectivity index (χ0v) is 17.6. The first kappa shape index (κ1) is 25.3. The number of aromatic amines is 2. The average Bonchev–Trinajstić information content (AvgIpc) is 2.63. The number of rotatable bonds is 11. The van der Waals surface area contributed by atoms with Gasteiger partial charge < -0.3 is 14.2 Å². The maximum Gasteiger partial charge on any atom is 0.333 e. The molecule has 0 unspecified atom stereocenters. The first-order valence-corrected chi connectivity index (χ1v) is 9.15. The van der Waals surface area contributed by atoms with Crippen LogP contribution in [-0.2, 0) is 35.1 Å². The second-order valence-corrected chi connectivity index (χ2v) is 6.88. The number of ether oxygens (including phenoxy) is 3. The highest BCUT2D eigenvalue weighted by Gasteiger charge is 2.36. The van der Waals surface area contributed by atoms with Crippen LogP contribution in [0.4, 0.5) is 0 Å². The molecule has 12 nitrogen and oxygen atoms in total. The van der Waals surface area contributed by atoms with Crippen LogP contribution in [-0.4, -0.2) is 51.3 Å². The molecular weight excluding hydrogens is 414 g/mol. The van der Waals surface area contributed by atoms with Crippen LogP contribution in [0.25, 0.3) is 0 Å². The largest absolute Gasteiger partial charge is 0.462 e. The second-order valence-electron chi connectivity index (χ2n) is 6.88. The van der Waals surface area contributed by atoms with Crippen LogP contribution >= 0.6 is 0 Å². The van der Waals surface area contributed by atoms with Crippen molar-refractivity contribution in [3.05, 3.63) is 55.8 Å². The lowest BCUT2D eigenvalue weighted by Crippen LogP contribution is -2.51. The number of aromatic nitrogens is 3. The number of nitrogens with zero attached hydrogens (tertiary/aromatic N) is 1. The Bertz CT molecular complexity index is 978. The molecule has 0 bridgehead atoms. The summed E-state index contributed by atoms with van der Waals surface area (Å²) in [5.74, 6) is -2.14. The fourth-order valence-electron chi connectivity index (χ4n) is 2.51. The summed E-state index contributed by atoms with van der Waals surface area (Å²) in [6, 6.07) is 0. The van der Waals surface area contributed by atoms with Gasteiger partial charge in [0.25, 0.3) is 0 Å². The van der Waals surface area contributed by atoms with Crippen molar-refractivity contribution in [3.8, 4) is 0 Å². The molecule has 0 aliphatic rings. The smallest absolute Gasteiger partial charge is 0.333 e. The maximum absolute atomic E-state index is 12.1. The van der Waals surface area contributed by atoms with Crippen LogP contribution < -0.4 is 17.1 Å². The molecule has 1 rings (SSSR count). The first-order chi connectivity index (χ1) is 14.4. The lowest BCUT2D eigenvalue weighted by atomic mass is 9.95. The third-order valence-corrected chi connectivity index (χ3v) is 4.02. The Morgan fingerprint density at radius 3 is 1.65 bits per heavy atom. The van der Waals surface area contributed by atoms with E-state index in [2.05, 4.69) is 13.2 Å². The van der Waals surface area contributed by atoms with Crippen molar-refractivity contribution in [1.29, 1.82) is 0 Å². The number of carbonyl (C=O) groups excluding carboxylic acids is 3. The summed E-state index contributed by atoms with van der Waals surface area (Å²) in [6.07, 6.45) is -0.303. The molecule has 0 aromatic carbocycles. The Hall–Kier alpha value is -3.70.